The number of halogens is 2. The molecule has 4 aromatic rings. The Labute approximate surface area is 166 Å². The molecule has 5 nitrogen and oxygen atoms in total. The van der Waals surface area contributed by atoms with Crippen LogP contribution >= 0.6 is 23.2 Å². The van der Waals surface area contributed by atoms with Crippen molar-refractivity contribution in [1.29, 1.82) is 0 Å². The van der Waals surface area contributed by atoms with Crippen LogP contribution in [0.2, 0.25) is 10.3 Å². The zero-order chi connectivity index (χ0) is 19.0. The molecule has 0 bridgehead atoms. The summed E-state index contributed by atoms with van der Waals surface area (Å²) < 4.78 is 5.30. The normalized spacial score (nSPS) is 11.1. The average Bonchev–Trinajstić information content (AvgIpc) is 2.98. The van der Waals surface area contributed by atoms with Crippen molar-refractivity contribution in [3.8, 4) is 11.1 Å². The first-order valence-electron chi connectivity index (χ1n) is 8.40. The molecule has 0 fully saturated rings. The number of fused-ring (bicyclic) bond motifs is 1. The molecule has 4 rings (SSSR count). The number of rotatable bonds is 4. The number of aryl methyl sites for hydroxylation is 2. The van der Waals surface area contributed by atoms with Crippen LogP contribution in [0.3, 0.4) is 0 Å². The van der Waals surface area contributed by atoms with Crippen LogP contribution < -0.4 is 5.32 Å². The first kappa shape index (κ1) is 17.8. The van der Waals surface area contributed by atoms with Crippen molar-refractivity contribution < 1.29 is 4.52 Å². The van der Waals surface area contributed by atoms with Crippen molar-refractivity contribution in [2.24, 2.45) is 0 Å². The van der Waals surface area contributed by atoms with Crippen LogP contribution in [0, 0.1) is 13.8 Å². The summed E-state index contributed by atoms with van der Waals surface area (Å²) in [7, 11) is 0. The molecule has 0 atom stereocenters. The van der Waals surface area contributed by atoms with Crippen LogP contribution in [-0.2, 0) is 6.54 Å². The summed E-state index contributed by atoms with van der Waals surface area (Å²) in [5.74, 6) is 1.44. The predicted molar refractivity (Wildman–Crippen MR) is 108 cm³/mol. The highest BCUT2D eigenvalue weighted by Crippen LogP contribution is 2.32. The highest BCUT2D eigenvalue weighted by Gasteiger charge is 2.14. The van der Waals surface area contributed by atoms with Crippen LogP contribution in [0.15, 0.2) is 47.0 Å². The maximum absolute atomic E-state index is 6.11. The largest absolute Gasteiger partial charge is 0.365 e. The van der Waals surface area contributed by atoms with E-state index in [1.54, 1.807) is 0 Å². The van der Waals surface area contributed by atoms with Crippen LogP contribution in [-0.4, -0.2) is 15.1 Å². The second-order valence-corrected chi connectivity index (χ2v) is 7.03. The van der Waals surface area contributed by atoms with E-state index >= 15 is 0 Å². The minimum atomic E-state index is 0.196. The molecular formula is C20H16Cl2N4O. The van der Waals surface area contributed by atoms with Gasteiger partial charge >= 0.3 is 0 Å². The quantitative estimate of drug-likeness (QED) is 0.438. The van der Waals surface area contributed by atoms with E-state index in [-0.39, 0.29) is 5.28 Å². The Morgan fingerprint density at radius 1 is 1.04 bits per heavy atom. The maximum Gasteiger partial charge on any atom is 0.224 e. The molecular weight excluding hydrogens is 383 g/mol. The third-order valence-electron chi connectivity index (χ3n) is 4.34. The van der Waals surface area contributed by atoms with Crippen LogP contribution in [0.5, 0.6) is 0 Å². The van der Waals surface area contributed by atoms with Gasteiger partial charge in [-0.15, -0.1) is 0 Å². The molecule has 0 aliphatic rings. The van der Waals surface area contributed by atoms with Gasteiger partial charge in [-0.25, -0.2) is 9.97 Å². The fraction of sp³-hybridized carbons (Fsp3) is 0.150. The molecule has 0 unspecified atom stereocenters. The number of aromatic nitrogens is 3. The second kappa shape index (κ2) is 7.18. The Balaban J connectivity index is 1.76. The van der Waals surface area contributed by atoms with Gasteiger partial charge in [0.05, 0.1) is 11.2 Å². The first-order valence-corrected chi connectivity index (χ1v) is 9.16. The molecule has 27 heavy (non-hydrogen) atoms. The molecule has 0 spiro atoms. The Bertz CT molecular complexity index is 1120. The molecule has 0 saturated heterocycles. The third-order valence-corrected chi connectivity index (χ3v) is 4.74. The van der Waals surface area contributed by atoms with E-state index in [2.05, 4.69) is 20.4 Å². The van der Waals surface area contributed by atoms with Gasteiger partial charge in [0.2, 0.25) is 5.28 Å². The Morgan fingerprint density at radius 3 is 2.63 bits per heavy atom. The lowest BCUT2D eigenvalue weighted by Crippen LogP contribution is -2.03. The summed E-state index contributed by atoms with van der Waals surface area (Å²) in [5.41, 5.74) is 4.63. The minimum absolute atomic E-state index is 0.196. The van der Waals surface area contributed by atoms with Gasteiger partial charge in [0, 0.05) is 22.5 Å². The molecule has 2 heterocycles. The first-order chi connectivity index (χ1) is 13.0. The number of anilines is 1. The van der Waals surface area contributed by atoms with Crippen molar-refractivity contribution in [3.05, 3.63) is 69.8 Å². The summed E-state index contributed by atoms with van der Waals surface area (Å²) >= 11 is 12.2. The summed E-state index contributed by atoms with van der Waals surface area (Å²) in [6, 6.07) is 13.6. The van der Waals surface area contributed by atoms with E-state index < -0.39 is 0 Å². The van der Waals surface area contributed by atoms with Gasteiger partial charge in [0.25, 0.3) is 0 Å². The predicted octanol–water partition coefficient (Wildman–Crippen LogP) is 5.82. The topological polar surface area (TPSA) is 63.8 Å². The molecule has 2 aromatic carbocycles. The number of hydrogen-bond donors (Lipinski definition) is 1. The molecule has 0 aliphatic carbocycles. The van der Waals surface area contributed by atoms with Crippen molar-refractivity contribution in [3.63, 3.8) is 0 Å². The fourth-order valence-corrected chi connectivity index (χ4v) is 3.51. The van der Waals surface area contributed by atoms with Gasteiger partial charge in [0.15, 0.2) is 0 Å². The standard InChI is InChI=1S/C20H16Cl2N4O/c1-11-18(12(2)27-26-11)14-6-7-17-16(9-14)19(25-20(22)24-17)23-10-13-4-3-5-15(21)8-13/h3-9H,10H2,1-2H3,(H,23,24,25). The smallest absolute Gasteiger partial charge is 0.224 e. The van der Waals surface area contributed by atoms with E-state index in [0.717, 1.165) is 39.0 Å². The van der Waals surface area contributed by atoms with Crippen molar-refractivity contribution in [2.75, 3.05) is 5.32 Å². The SMILES string of the molecule is Cc1noc(C)c1-c1ccc2nc(Cl)nc(NCc3cccc(Cl)c3)c2c1. The second-order valence-electron chi connectivity index (χ2n) is 6.26. The summed E-state index contributed by atoms with van der Waals surface area (Å²) in [6.07, 6.45) is 0. The fourth-order valence-electron chi connectivity index (χ4n) is 3.12. The molecule has 0 aliphatic heterocycles. The van der Waals surface area contributed by atoms with E-state index in [9.17, 15) is 0 Å². The Kier molecular flexibility index (Phi) is 4.72. The molecule has 0 amide bonds. The van der Waals surface area contributed by atoms with Crippen molar-refractivity contribution >= 4 is 39.9 Å². The molecule has 7 heteroatoms. The van der Waals surface area contributed by atoms with E-state index in [0.29, 0.717) is 17.4 Å². The molecule has 2 aromatic heterocycles. The lowest BCUT2D eigenvalue weighted by Gasteiger charge is -2.11. The van der Waals surface area contributed by atoms with Gasteiger partial charge in [-0.2, -0.15) is 0 Å². The Hall–Kier alpha value is -2.63. The van der Waals surface area contributed by atoms with Crippen LogP contribution in [0.25, 0.3) is 22.0 Å². The van der Waals surface area contributed by atoms with Gasteiger partial charge < -0.3 is 9.84 Å². The van der Waals surface area contributed by atoms with Crippen molar-refractivity contribution in [2.45, 2.75) is 20.4 Å². The Morgan fingerprint density at radius 2 is 1.89 bits per heavy atom. The van der Waals surface area contributed by atoms with Gasteiger partial charge in [-0.3, -0.25) is 0 Å². The van der Waals surface area contributed by atoms with Gasteiger partial charge in [-0.05, 0) is 60.8 Å². The van der Waals surface area contributed by atoms with Crippen molar-refractivity contribution in [1.82, 2.24) is 15.1 Å². The monoisotopic (exact) mass is 398 g/mol. The number of nitrogens with one attached hydrogen (secondary N) is 1. The third kappa shape index (κ3) is 3.61. The lowest BCUT2D eigenvalue weighted by molar-refractivity contribution is 0.393. The van der Waals surface area contributed by atoms with Crippen LogP contribution in [0.1, 0.15) is 17.0 Å². The number of nitrogens with zero attached hydrogens (tertiary/aromatic N) is 3. The van der Waals surface area contributed by atoms with E-state index in [1.165, 1.54) is 0 Å². The zero-order valence-electron chi connectivity index (χ0n) is 14.8. The molecule has 0 saturated carbocycles. The van der Waals surface area contributed by atoms with E-state index in [1.807, 2.05) is 56.3 Å². The lowest BCUT2D eigenvalue weighted by atomic mass is 10.0. The maximum atomic E-state index is 6.11. The molecule has 136 valence electrons. The summed E-state index contributed by atoms with van der Waals surface area (Å²) in [5, 5.41) is 9.14. The number of benzene rings is 2. The highest BCUT2D eigenvalue weighted by atomic mass is 35.5. The van der Waals surface area contributed by atoms with Gasteiger partial charge in [0.1, 0.15) is 11.6 Å². The van der Waals surface area contributed by atoms with E-state index in [4.69, 9.17) is 27.7 Å². The highest BCUT2D eigenvalue weighted by molar-refractivity contribution is 6.30. The zero-order valence-corrected chi connectivity index (χ0v) is 16.3. The average molecular weight is 399 g/mol. The molecule has 0 radical (unpaired) electrons. The van der Waals surface area contributed by atoms with Gasteiger partial charge in [-0.1, -0.05) is 35.0 Å². The molecule has 1 N–H and O–H groups in total. The summed E-state index contributed by atoms with van der Waals surface area (Å²) in [6.45, 7) is 4.39. The minimum Gasteiger partial charge on any atom is -0.365 e. The number of hydrogen-bond acceptors (Lipinski definition) is 5. The summed E-state index contributed by atoms with van der Waals surface area (Å²) in [4.78, 5) is 8.70. The van der Waals surface area contributed by atoms with Crippen LogP contribution in [0.4, 0.5) is 5.82 Å².